The van der Waals surface area contributed by atoms with Crippen LogP contribution in [0.5, 0.6) is 0 Å². The van der Waals surface area contributed by atoms with E-state index in [9.17, 15) is 4.79 Å². The van der Waals surface area contributed by atoms with Crippen molar-refractivity contribution in [1.29, 1.82) is 0 Å². The van der Waals surface area contributed by atoms with E-state index in [-0.39, 0.29) is 18.3 Å². The van der Waals surface area contributed by atoms with Crippen molar-refractivity contribution in [3.8, 4) is 0 Å². The van der Waals surface area contributed by atoms with Gasteiger partial charge in [0.1, 0.15) is 0 Å². The first-order valence-electron chi connectivity index (χ1n) is 6.83. The summed E-state index contributed by atoms with van der Waals surface area (Å²) in [6.07, 6.45) is 3.80. The van der Waals surface area contributed by atoms with Crippen molar-refractivity contribution in [3.05, 3.63) is 0 Å². The van der Waals surface area contributed by atoms with Crippen molar-refractivity contribution in [3.63, 3.8) is 0 Å². The van der Waals surface area contributed by atoms with E-state index in [1.165, 1.54) is 6.42 Å². The van der Waals surface area contributed by atoms with Crippen LogP contribution in [0.3, 0.4) is 0 Å². The molecule has 2 N–H and O–H groups in total. The lowest BCUT2D eigenvalue weighted by Gasteiger charge is -2.18. The molecular formula is C13H25ClN2O2. The summed E-state index contributed by atoms with van der Waals surface area (Å²) in [5.41, 5.74) is 6.06. The molecule has 18 heavy (non-hydrogen) atoms. The van der Waals surface area contributed by atoms with Crippen LogP contribution in [0.15, 0.2) is 0 Å². The van der Waals surface area contributed by atoms with Crippen molar-refractivity contribution in [2.45, 2.75) is 38.6 Å². The van der Waals surface area contributed by atoms with E-state index in [4.69, 9.17) is 10.5 Å². The molecule has 0 spiro atoms. The fraction of sp³-hybridized carbons (Fsp3) is 0.923. The molecule has 0 aromatic carbocycles. The molecular weight excluding hydrogens is 252 g/mol. The molecule has 2 fully saturated rings. The summed E-state index contributed by atoms with van der Waals surface area (Å²) in [7, 11) is 0. The lowest BCUT2D eigenvalue weighted by Crippen LogP contribution is -2.33. The number of likely N-dealkylation sites (tertiary alicyclic amines) is 1. The van der Waals surface area contributed by atoms with Crippen molar-refractivity contribution in [2.24, 2.45) is 17.6 Å². The second-order valence-corrected chi connectivity index (χ2v) is 5.26. The van der Waals surface area contributed by atoms with Gasteiger partial charge in [0.05, 0.1) is 0 Å². The van der Waals surface area contributed by atoms with E-state index in [1.54, 1.807) is 0 Å². The minimum atomic E-state index is 0. The zero-order chi connectivity index (χ0) is 12.3. The molecule has 106 valence electrons. The van der Waals surface area contributed by atoms with Crippen molar-refractivity contribution in [1.82, 2.24) is 4.90 Å². The third kappa shape index (κ3) is 3.59. The number of ether oxygens (including phenoxy) is 1. The highest BCUT2D eigenvalue weighted by Gasteiger charge is 2.42. The molecule has 1 aliphatic carbocycles. The number of nitrogens with two attached hydrogens (primary N) is 1. The number of nitrogens with zero attached hydrogens (tertiary/aromatic N) is 1. The maximum Gasteiger partial charge on any atom is 0.222 e. The lowest BCUT2D eigenvalue weighted by atomic mass is 9.98. The summed E-state index contributed by atoms with van der Waals surface area (Å²) < 4.78 is 5.25. The van der Waals surface area contributed by atoms with Gasteiger partial charge >= 0.3 is 0 Å². The quantitative estimate of drug-likeness (QED) is 0.773. The smallest absolute Gasteiger partial charge is 0.222 e. The molecule has 0 aromatic rings. The third-order valence-corrected chi connectivity index (χ3v) is 4.15. The molecule has 1 saturated heterocycles. The average molecular weight is 277 g/mol. The van der Waals surface area contributed by atoms with E-state index in [2.05, 4.69) is 0 Å². The van der Waals surface area contributed by atoms with Crippen LogP contribution in [0.25, 0.3) is 0 Å². The van der Waals surface area contributed by atoms with Gasteiger partial charge in [-0.15, -0.1) is 12.4 Å². The molecule has 0 bridgehead atoms. The Bertz CT molecular complexity index is 276. The van der Waals surface area contributed by atoms with Gasteiger partial charge < -0.3 is 15.4 Å². The molecule has 1 saturated carbocycles. The Balaban J connectivity index is 0.00000162. The molecule has 3 atom stereocenters. The summed E-state index contributed by atoms with van der Waals surface area (Å²) in [4.78, 5) is 14.0. The summed E-state index contributed by atoms with van der Waals surface area (Å²) in [6.45, 7) is 5.23. The third-order valence-electron chi connectivity index (χ3n) is 4.15. The first-order chi connectivity index (χ1) is 8.22. The minimum Gasteiger partial charge on any atom is -0.382 e. The zero-order valence-electron chi connectivity index (χ0n) is 11.1. The number of amides is 1. The van der Waals surface area contributed by atoms with Gasteiger partial charge in [0, 0.05) is 38.8 Å². The van der Waals surface area contributed by atoms with Crippen molar-refractivity contribution in [2.75, 3.05) is 26.3 Å². The second-order valence-electron chi connectivity index (χ2n) is 5.26. The summed E-state index contributed by atoms with van der Waals surface area (Å²) in [5.74, 6) is 1.51. The summed E-state index contributed by atoms with van der Waals surface area (Å²) in [6, 6.07) is 0.321. The summed E-state index contributed by atoms with van der Waals surface area (Å²) in [5, 5.41) is 0. The van der Waals surface area contributed by atoms with Crippen molar-refractivity contribution >= 4 is 18.3 Å². The molecule has 4 nitrogen and oxygen atoms in total. The number of hydrogen-bond donors (Lipinski definition) is 1. The first kappa shape index (κ1) is 15.7. The van der Waals surface area contributed by atoms with Crippen LogP contribution in [-0.2, 0) is 9.53 Å². The Hall–Kier alpha value is -0.320. The Morgan fingerprint density at radius 1 is 1.39 bits per heavy atom. The highest BCUT2D eigenvalue weighted by atomic mass is 35.5. The Kier molecular flexibility index (Phi) is 6.39. The predicted molar refractivity (Wildman–Crippen MR) is 73.7 cm³/mol. The molecule has 5 heteroatoms. The highest BCUT2D eigenvalue weighted by Crippen LogP contribution is 2.37. The van der Waals surface area contributed by atoms with Gasteiger partial charge in [-0.25, -0.2) is 0 Å². The van der Waals surface area contributed by atoms with E-state index in [1.807, 2.05) is 11.8 Å². The number of hydrogen-bond acceptors (Lipinski definition) is 3. The molecule has 0 radical (unpaired) electrons. The predicted octanol–water partition coefficient (Wildman–Crippen LogP) is 1.42. The first-order valence-corrected chi connectivity index (χ1v) is 6.83. The summed E-state index contributed by atoms with van der Waals surface area (Å²) >= 11 is 0. The van der Waals surface area contributed by atoms with Crippen LogP contribution < -0.4 is 5.73 Å². The number of carbonyl (C=O) groups is 1. The maximum absolute atomic E-state index is 12.0. The number of carbonyl (C=O) groups excluding carboxylic acids is 1. The Morgan fingerprint density at radius 2 is 2.17 bits per heavy atom. The Labute approximate surface area is 116 Å². The largest absolute Gasteiger partial charge is 0.382 e. The molecule has 1 heterocycles. The topological polar surface area (TPSA) is 55.6 Å². The van der Waals surface area contributed by atoms with Crippen molar-refractivity contribution < 1.29 is 9.53 Å². The van der Waals surface area contributed by atoms with Gasteiger partial charge in [-0.3, -0.25) is 4.79 Å². The molecule has 1 aliphatic heterocycles. The average Bonchev–Trinajstić information content (AvgIpc) is 2.87. The monoisotopic (exact) mass is 276 g/mol. The molecule has 3 unspecified atom stereocenters. The molecule has 1 amide bonds. The van der Waals surface area contributed by atoms with E-state index < -0.39 is 0 Å². The van der Waals surface area contributed by atoms with Gasteiger partial charge in [0.2, 0.25) is 5.91 Å². The van der Waals surface area contributed by atoms with Crippen LogP contribution in [0.1, 0.15) is 32.6 Å². The fourth-order valence-electron chi connectivity index (χ4n) is 3.14. The van der Waals surface area contributed by atoms with Gasteiger partial charge in [0.25, 0.3) is 0 Å². The lowest BCUT2D eigenvalue weighted by molar-refractivity contribution is -0.130. The maximum atomic E-state index is 12.0. The fourth-order valence-corrected chi connectivity index (χ4v) is 3.14. The van der Waals surface area contributed by atoms with E-state index >= 15 is 0 Å². The minimum absolute atomic E-state index is 0. The molecule has 0 aromatic heterocycles. The number of halogens is 1. The van der Waals surface area contributed by atoms with Gasteiger partial charge in [-0.05, 0) is 38.0 Å². The van der Waals surface area contributed by atoms with E-state index in [0.717, 1.165) is 32.5 Å². The standard InChI is InChI=1S/C13H24N2O2.ClH/c1-2-17-7-3-4-13(16)15-8-10-5-6-12(14)11(10)9-15;/h10-12H,2-9,14H2,1H3;1H. The van der Waals surface area contributed by atoms with Crippen LogP contribution in [0, 0.1) is 11.8 Å². The molecule has 2 aliphatic rings. The van der Waals surface area contributed by atoms with Crippen LogP contribution >= 0.6 is 12.4 Å². The van der Waals surface area contributed by atoms with Crippen LogP contribution in [-0.4, -0.2) is 43.2 Å². The van der Waals surface area contributed by atoms with Gasteiger partial charge in [-0.1, -0.05) is 0 Å². The van der Waals surface area contributed by atoms with Crippen LogP contribution in [0.2, 0.25) is 0 Å². The zero-order valence-corrected chi connectivity index (χ0v) is 12.0. The van der Waals surface area contributed by atoms with Gasteiger partial charge in [0.15, 0.2) is 0 Å². The Morgan fingerprint density at radius 3 is 2.83 bits per heavy atom. The van der Waals surface area contributed by atoms with E-state index in [0.29, 0.717) is 30.9 Å². The molecule has 2 rings (SSSR count). The highest BCUT2D eigenvalue weighted by molar-refractivity contribution is 5.85. The van der Waals surface area contributed by atoms with Crippen LogP contribution in [0.4, 0.5) is 0 Å². The second kappa shape index (κ2) is 7.31. The van der Waals surface area contributed by atoms with Gasteiger partial charge in [-0.2, -0.15) is 0 Å². The normalized spacial score (nSPS) is 30.1. The SMILES string of the molecule is CCOCCCC(=O)N1CC2CCC(N)C2C1.Cl. The number of rotatable bonds is 5. The number of fused-ring (bicyclic) bond motifs is 1.